The van der Waals surface area contributed by atoms with Gasteiger partial charge >= 0.3 is 12.0 Å². The van der Waals surface area contributed by atoms with E-state index in [2.05, 4.69) is 29.4 Å². The molecule has 0 unspecified atom stereocenters. The van der Waals surface area contributed by atoms with Gasteiger partial charge in [-0.25, -0.2) is 18.4 Å². The van der Waals surface area contributed by atoms with Crippen LogP contribution in [0.25, 0.3) is 0 Å². The molecule has 0 spiro atoms. The van der Waals surface area contributed by atoms with Crippen LogP contribution in [0.2, 0.25) is 0 Å². The van der Waals surface area contributed by atoms with Crippen LogP contribution >= 0.6 is 0 Å². The molecule has 184 valence electrons. The molecule has 3 rings (SSSR count). The first-order valence-electron chi connectivity index (χ1n) is 11.5. The van der Waals surface area contributed by atoms with Crippen molar-refractivity contribution < 1.29 is 28.2 Å². The zero-order chi connectivity index (χ0) is 24.7. The molecule has 0 bridgehead atoms. The number of hydrogen-bond donors (Lipinski definition) is 3. The molecule has 9 heteroatoms. The predicted octanol–water partition coefficient (Wildman–Crippen LogP) is 5.87. The summed E-state index contributed by atoms with van der Waals surface area (Å²) in [6, 6.07) is 7.76. The molecule has 34 heavy (non-hydrogen) atoms. The zero-order valence-corrected chi connectivity index (χ0v) is 19.4. The fourth-order valence-electron chi connectivity index (χ4n) is 4.22. The monoisotopic (exact) mass is 475 g/mol. The number of anilines is 3. The van der Waals surface area contributed by atoms with Crippen molar-refractivity contribution in [3.8, 4) is 5.75 Å². The summed E-state index contributed by atoms with van der Waals surface area (Å²) < 4.78 is 33.3. The van der Waals surface area contributed by atoms with Crippen LogP contribution in [0.4, 0.5) is 30.6 Å². The maximum Gasteiger partial charge on any atom is 0.341 e. The Morgan fingerprint density at radius 3 is 2.38 bits per heavy atom. The Balaban J connectivity index is 1.92. The first-order valence-corrected chi connectivity index (χ1v) is 11.5. The Morgan fingerprint density at radius 1 is 1.09 bits per heavy atom. The number of carboxylic acid groups (broad SMARTS) is 1. The summed E-state index contributed by atoms with van der Waals surface area (Å²) in [6.45, 7) is 4.43. The molecule has 0 saturated heterocycles. The fraction of sp³-hybridized carbons (Fsp3) is 0.440. The van der Waals surface area contributed by atoms with Gasteiger partial charge in [0.15, 0.2) is 6.61 Å². The Labute approximate surface area is 198 Å². The Bertz CT molecular complexity index is 989. The van der Waals surface area contributed by atoms with Gasteiger partial charge in [-0.3, -0.25) is 0 Å². The molecule has 1 fully saturated rings. The van der Waals surface area contributed by atoms with Gasteiger partial charge in [0.2, 0.25) is 0 Å². The first-order chi connectivity index (χ1) is 16.2. The Kier molecular flexibility index (Phi) is 8.67. The minimum atomic E-state index is -1.13. The molecular formula is C25H31F2N3O4. The second-order valence-electron chi connectivity index (χ2n) is 8.88. The minimum absolute atomic E-state index is 0.256. The molecule has 2 aromatic rings. The number of nitrogens with zero attached hydrogens (tertiary/aromatic N) is 1. The smallest absolute Gasteiger partial charge is 0.341 e. The van der Waals surface area contributed by atoms with E-state index in [4.69, 9.17) is 9.84 Å². The van der Waals surface area contributed by atoms with Crippen molar-refractivity contribution in [2.75, 3.05) is 28.7 Å². The Hall–Kier alpha value is -3.36. The predicted molar refractivity (Wildman–Crippen MR) is 128 cm³/mol. The van der Waals surface area contributed by atoms with E-state index in [0.717, 1.165) is 50.0 Å². The van der Waals surface area contributed by atoms with Crippen molar-refractivity contribution in [1.82, 2.24) is 0 Å². The van der Waals surface area contributed by atoms with Crippen LogP contribution in [0.1, 0.15) is 46.0 Å². The highest BCUT2D eigenvalue weighted by atomic mass is 19.1. The van der Waals surface area contributed by atoms with Crippen molar-refractivity contribution in [3.05, 3.63) is 48.0 Å². The molecular weight excluding hydrogens is 444 g/mol. The van der Waals surface area contributed by atoms with Crippen LogP contribution in [-0.2, 0) is 4.79 Å². The number of carbonyl (C=O) groups is 2. The number of carboxylic acids is 1. The lowest BCUT2D eigenvalue weighted by atomic mass is 9.93. The summed E-state index contributed by atoms with van der Waals surface area (Å²) >= 11 is 0. The molecule has 0 atom stereocenters. The molecule has 1 saturated carbocycles. The molecule has 3 N–H and O–H groups in total. The minimum Gasteiger partial charge on any atom is -0.482 e. The van der Waals surface area contributed by atoms with Gasteiger partial charge in [-0.05, 0) is 43.0 Å². The second-order valence-corrected chi connectivity index (χ2v) is 8.88. The molecule has 2 aromatic carbocycles. The molecule has 0 radical (unpaired) electrons. The molecule has 1 aliphatic rings. The maximum absolute atomic E-state index is 14.0. The van der Waals surface area contributed by atoms with E-state index >= 15 is 0 Å². The van der Waals surface area contributed by atoms with Crippen LogP contribution in [0.3, 0.4) is 0 Å². The summed E-state index contributed by atoms with van der Waals surface area (Å²) in [5.74, 6) is -2.31. The lowest BCUT2D eigenvalue weighted by Gasteiger charge is -2.38. The lowest BCUT2D eigenvalue weighted by molar-refractivity contribution is -0.139. The number of benzene rings is 2. The number of rotatable bonds is 9. The van der Waals surface area contributed by atoms with E-state index in [1.165, 1.54) is 18.6 Å². The van der Waals surface area contributed by atoms with E-state index in [1.807, 2.05) is 0 Å². The summed E-state index contributed by atoms with van der Waals surface area (Å²) in [6.07, 6.45) is 5.48. The number of amides is 2. The largest absolute Gasteiger partial charge is 0.482 e. The molecule has 0 aliphatic heterocycles. The van der Waals surface area contributed by atoms with Crippen LogP contribution in [-0.4, -0.2) is 36.3 Å². The summed E-state index contributed by atoms with van der Waals surface area (Å²) in [5.41, 5.74) is 0.557. The molecule has 0 heterocycles. The normalized spacial score (nSPS) is 14.0. The highest BCUT2D eigenvalue weighted by Crippen LogP contribution is 2.36. The van der Waals surface area contributed by atoms with Crippen molar-refractivity contribution in [1.29, 1.82) is 0 Å². The quantitative estimate of drug-likeness (QED) is 0.422. The topological polar surface area (TPSA) is 90.9 Å². The van der Waals surface area contributed by atoms with E-state index in [9.17, 15) is 18.4 Å². The molecule has 7 nitrogen and oxygen atoms in total. The number of hydrogen-bond acceptors (Lipinski definition) is 4. The second kappa shape index (κ2) is 11.7. The maximum atomic E-state index is 14.0. The molecule has 0 aromatic heterocycles. The van der Waals surface area contributed by atoms with Gasteiger partial charge < -0.3 is 25.4 Å². The SMILES string of the molecule is CC(C)CN(c1ccc(OCC(=O)O)cc1NC(=O)Nc1c(F)cccc1F)C1CCCCC1. The van der Waals surface area contributed by atoms with Crippen molar-refractivity contribution in [3.63, 3.8) is 0 Å². The summed E-state index contributed by atoms with van der Waals surface area (Å²) in [5, 5.41) is 13.8. The van der Waals surface area contributed by atoms with Gasteiger partial charge in [0.1, 0.15) is 23.1 Å². The number of ether oxygens (including phenoxy) is 1. The molecule has 1 aliphatic carbocycles. The Morgan fingerprint density at radius 2 is 1.76 bits per heavy atom. The van der Waals surface area contributed by atoms with Crippen molar-refractivity contribution in [2.45, 2.75) is 52.0 Å². The number of carbonyl (C=O) groups excluding carboxylic acids is 1. The third kappa shape index (κ3) is 6.82. The van der Waals surface area contributed by atoms with Crippen LogP contribution in [0, 0.1) is 17.6 Å². The van der Waals surface area contributed by atoms with Gasteiger partial charge in [-0.15, -0.1) is 0 Å². The lowest BCUT2D eigenvalue weighted by Crippen LogP contribution is -2.40. The zero-order valence-electron chi connectivity index (χ0n) is 19.4. The fourth-order valence-corrected chi connectivity index (χ4v) is 4.22. The van der Waals surface area contributed by atoms with E-state index in [1.54, 1.807) is 12.1 Å². The van der Waals surface area contributed by atoms with Gasteiger partial charge in [-0.2, -0.15) is 0 Å². The van der Waals surface area contributed by atoms with Gasteiger partial charge in [0, 0.05) is 18.7 Å². The highest BCUT2D eigenvalue weighted by Gasteiger charge is 2.25. The number of para-hydroxylation sites is 1. The van der Waals surface area contributed by atoms with Gasteiger partial charge in [0.25, 0.3) is 0 Å². The summed E-state index contributed by atoms with van der Waals surface area (Å²) in [4.78, 5) is 25.9. The average molecular weight is 476 g/mol. The van der Waals surface area contributed by atoms with E-state index < -0.39 is 35.9 Å². The molecule has 2 amide bonds. The van der Waals surface area contributed by atoms with Gasteiger partial charge in [0.05, 0.1) is 11.4 Å². The van der Waals surface area contributed by atoms with Gasteiger partial charge in [-0.1, -0.05) is 39.2 Å². The van der Waals surface area contributed by atoms with Crippen LogP contribution in [0.15, 0.2) is 36.4 Å². The number of aliphatic carboxylic acids is 1. The standard InChI is InChI=1S/C25H31F2N3O4/c1-16(2)14-30(17-7-4-3-5-8-17)22-12-11-18(34-15-23(31)32)13-21(22)28-25(33)29-24-19(26)9-6-10-20(24)27/h6,9-13,16-17H,3-5,7-8,14-15H2,1-2H3,(H,31,32)(H2,28,29,33). The summed E-state index contributed by atoms with van der Waals surface area (Å²) in [7, 11) is 0. The van der Waals surface area contributed by atoms with E-state index in [0.29, 0.717) is 11.6 Å². The average Bonchev–Trinajstić information content (AvgIpc) is 2.79. The third-order valence-electron chi connectivity index (χ3n) is 5.67. The highest BCUT2D eigenvalue weighted by molar-refractivity contribution is 6.02. The van der Waals surface area contributed by atoms with Crippen LogP contribution in [0.5, 0.6) is 5.75 Å². The van der Waals surface area contributed by atoms with E-state index in [-0.39, 0.29) is 11.8 Å². The number of halogens is 2. The van der Waals surface area contributed by atoms with Crippen molar-refractivity contribution in [2.24, 2.45) is 5.92 Å². The third-order valence-corrected chi connectivity index (χ3v) is 5.67. The van der Waals surface area contributed by atoms with Crippen molar-refractivity contribution >= 4 is 29.1 Å². The number of urea groups is 1. The van der Waals surface area contributed by atoms with Crippen LogP contribution < -0.4 is 20.3 Å². The number of nitrogens with one attached hydrogen (secondary N) is 2. The first kappa shape index (κ1) is 25.3.